The van der Waals surface area contributed by atoms with Gasteiger partial charge < -0.3 is 0 Å². The van der Waals surface area contributed by atoms with Crippen molar-refractivity contribution in [2.75, 3.05) is 4.83 Å². The van der Waals surface area contributed by atoms with E-state index in [1.165, 1.54) is 23.4 Å². The fourth-order valence-corrected chi connectivity index (χ4v) is 0.719. The van der Waals surface area contributed by atoms with Crippen molar-refractivity contribution in [2.45, 2.75) is 0 Å². The van der Waals surface area contributed by atoms with Crippen LogP contribution in [0.5, 0.6) is 0 Å². The smallest absolute Gasteiger partial charge is 0.236 e. The Morgan fingerprint density at radius 3 is 2.78 bits per heavy atom. The first-order valence-electron chi connectivity index (χ1n) is 2.18. The van der Waals surface area contributed by atoms with Gasteiger partial charge in [0, 0.05) is 12.4 Å². The Balaban J connectivity index is 2.68. The summed E-state index contributed by atoms with van der Waals surface area (Å²) in [5, 5.41) is 0. The molecule has 0 unspecified atom stereocenters. The van der Waals surface area contributed by atoms with Crippen LogP contribution >= 0.6 is 0 Å². The molecule has 0 bridgehead atoms. The first-order chi connectivity index (χ1) is 4.29. The summed E-state index contributed by atoms with van der Waals surface area (Å²) in [5.41, 5.74) is 0. The molecule has 1 aromatic heterocycles. The SMILES string of the molecule is O=[SH](=O)Nn1ccnc1. The molecule has 0 saturated carbocycles. The van der Waals surface area contributed by atoms with E-state index >= 15 is 0 Å². The highest BCUT2D eigenvalue weighted by Gasteiger charge is 1.83. The molecule has 0 spiro atoms. The largest absolute Gasteiger partial charge is 0.243 e. The van der Waals surface area contributed by atoms with Crippen LogP contribution in [-0.4, -0.2) is 18.1 Å². The van der Waals surface area contributed by atoms with Gasteiger partial charge in [-0.3, -0.25) is 0 Å². The zero-order chi connectivity index (χ0) is 6.69. The van der Waals surface area contributed by atoms with Crippen LogP contribution in [0.25, 0.3) is 0 Å². The highest BCUT2D eigenvalue weighted by Crippen LogP contribution is 1.77. The van der Waals surface area contributed by atoms with E-state index in [4.69, 9.17) is 0 Å². The van der Waals surface area contributed by atoms with Crippen LogP contribution in [0.4, 0.5) is 0 Å². The van der Waals surface area contributed by atoms with Crippen molar-refractivity contribution in [1.29, 1.82) is 0 Å². The van der Waals surface area contributed by atoms with E-state index in [1.54, 1.807) is 0 Å². The summed E-state index contributed by atoms with van der Waals surface area (Å²) in [6.45, 7) is 0. The number of aromatic nitrogens is 2. The Labute approximate surface area is 53.4 Å². The Morgan fingerprint density at radius 2 is 2.33 bits per heavy atom. The predicted molar refractivity (Wildman–Crippen MR) is 31.9 cm³/mol. The fraction of sp³-hybridized carbons (Fsp3) is 0. The van der Waals surface area contributed by atoms with Gasteiger partial charge in [0.15, 0.2) is 0 Å². The zero-order valence-corrected chi connectivity index (χ0v) is 5.28. The zero-order valence-electron chi connectivity index (χ0n) is 4.39. The van der Waals surface area contributed by atoms with Crippen LogP contribution in [-0.2, 0) is 10.9 Å². The minimum Gasteiger partial charge on any atom is -0.243 e. The molecule has 1 heterocycles. The lowest BCUT2D eigenvalue weighted by Crippen LogP contribution is -2.09. The van der Waals surface area contributed by atoms with Crippen molar-refractivity contribution in [3.63, 3.8) is 0 Å². The van der Waals surface area contributed by atoms with E-state index < -0.39 is 10.9 Å². The number of rotatable bonds is 2. The maximum Gasteiger partial charge on any atom is 0.236 e. The van der Waals surface area contributed by atoms with Crippen LogP contribution in [0.3, 0.4) is 0 Å². The average Bonchev–Trinajstić information content (AvgIpc) is 2.15. The van der Waals surface area contributed by atoms with Gasteiger partial charge in [0.05, 0.1) is 0 Å². The lowest BCUT2D eigenvalue weighted by Gasteiger charge is -1.93. The maximum absolute atomic E-state index is 9.94. The first kappa shape index (κ1) is 6.09. The van der Waals surface area contributed by atoms with Gasteiger partial charge in [-0.15, -0.1) is 0 Å². The minimum atomic E-state index is -2.58. The van der Waals surface area contributed by atoms with Gasteiger partial charge in [0.25, 0.3) is 0 Å². The minimum absolute atomic E-state index is 1.24. The van der Waals surface area contributed by atoms with Crippen molar-refractivity contribution in [1.82, 2.24) is 9.66 Å². The summed E-state index contributed by atoms with van der Waals surface area (Å²) < 4.78 is 21.1. The highest BCUT2D eigenvalue weighted by molar-refractivity contribution is 7.73. The van der Waals surface area contributed by atoms with E-state index in [0.29, 0.717) is 0 Å². The quantitative estimate of drug-likeness (QED) is 0.525. The van der Waals surface area contributed by atoms with Gasteiger partial charge in [0.2, 0.25) is 10.9 Å². The first-order valence-corrected chi connectivity index (χ1v) is 3.36. The number of thiol groups is 1. The third-order valence-electron chi connectivity index (χ3n) is 0.702. The third kappa shape index (κ3) is 1.73. The molecule has 5 nitrogen and oxygen atoms in total. The molecule has 6 heteroatoms. The van der Waals surface area contributed by atoms with E-state index in [2.05, 4.69) is 9.82 Å². The Kier molecular flexibility index (Phi) is 1.69. The molecule has 0 radical (unpaired) electrons. The number of nitrogens with zero attached hydrogens (tertiary/aromatic N) is 2. The van der Waals surface area contributed by atoms with Crippen molar-refractivity contribution < 1.29 is 8.42 Å². The molecular weight excluding hydrogens is 142 g/mol. The van der Waals surface area contributed by atoms with Gasteiger partial charge in [-0.25, -0.2) is 22.9 Å². The van der Waals surface area contributed by atoms with Gasteiger partial charge in [-0.2, -0.15) is 0 Å². The normalized spacial score (nSPS) is 9.89. The van der Waals surface area contributed by atoms with E-state index in [9.17, 15) is 8.42 Å². The molecule has 0 aliphatic heterocycles. The monoisotopic (exact) mass is 147 g/mol. The van der Waals surface area contributed by atoms with Crippen molar-refractivity contribution >= 4 is 10.9 Å². The lowest BCUT2D eigenvalue weighted by molar-refractivity contribution is 0.613. The summed E-state index contributed by atoms with van der Waals surface area (Å²) in [6, 6.07) is 0. The molecule has 0 fully saturated rings. The second kappa shape index (κ2) is 2.49. The Morgan fingerprint density at radius 1 is 1.56 bits per heavy atom. The molecule has 0 aliphatic rings. The molecular formula is C3H5N3O2S. The molecule has 0 aromatic carbocycles. The molecule has 1 rings (SSSR count). The lowest BCUT2D eigenvalue weighted by atomic mass is 11.0. The maximum atomic E-state index is 9.94. The average molecular weight is 147 g/mol. The van der Waals surface area contributed by atoms with Crippen LogP contribution in [0.2, 0.25) is 0 Å². The van der Waals surface area contributed by atoms with Gasteiger partial charge in [-0.05, 0) is 0 Å². The predicted octanol–water partition coefficient (Wildman–Crippen LogP) is -1.05. The topological polar surface area (TPSA) is 64.0 Å². The number of hydrogen-bond acceptors (Lipinski definition) is 3. The van der Waals surface area contributed by atoms with Crippen molar-refractivity contribution in [3.8, 4) is 0 Å². The van der Waals surface area contributed by atoms with Crippen molar-refractivity contribution in [3.05, 3.63) is 18.7 Å². The molecule has 0 saturated heterocycles. The van der Waals surface area contributed by atoms with Crippen LogP contribution in [0.1, 0.15) is 0 Å². The summed E-state index contributed by atoms with van der Waals surface area (Å²) in [7, 11) is -2.58. The standard InChI is InChI=1S/C3H5N3O2S/c7-9(8)5-6-2-1-4-3-6/h1-3,9H,(H,5,7,8). The molecule has 0 amide bonds. The molecule has 1 N–H and O–H groups in total. The summed E-state index contributed by atoms with van der Waals surface area (Å²) in [4.78, 5) is 5.70. The third-order valence-corrected chi connectivity index (χ3v) is 1.10. The van der Waals surface area contributed by atoms with E-state index in [0.717, 1.165) is 0 Å². The van der Waals surface area contributed by atoms with E-state index in [1.807, 2.05) is 0 Å². The molecule has 9 heavy (non-hydrogen) atoms. The second-order valence-electron chi connectivity index (χ2n) is 1.33. The summed E-state index contributed by atoms with van der Waals surface area (Å²) >= 11 is 0. The molecule has 0 aliphatic carbocycles. The summed E-state index contributed by atoms with van der Waals surface area (Å²) in [6.07, 6.45) is 4.32. The van der Waals surface area contributed by atoms with Crippen LogP contribution < -0.4 is 4.83 Å². The van der Waals surface area contributed by atoms with Gasteiger partial charge >= 0.3 is 0 Å². The number of nitrogens with one attached hydrogen (secondary N) is 1. The molecule has 50 valence electrons. The summed E-state index contributed by atoms with van der Waals surface area (Å²) in [5.74, 6) is 0. The van der Waals surface area contributed by atoms with Gasteiger partial charge in [-0.1, -0.05) is 0 Å². The Bertz CT molecular complexity index is 232. The Hall–Kier alpha value is -1.04. The highest BCUT2D eigenvalue weighted by atomic mass is 32.2. The van der Waals surface area contributed by atoms with Crippen LogP contribution in [0, 0.1) is 0 Å². The van der Waals surface area contributed by atoms with Gasteiger partial charge in [0.1, 0.15) is 6.33 Å². The number of hydrogen-bond donors (Lipinski definition) is 2. The fourth-order valence-electron chi connectivity index (χ4n) is 0.413. The molecule has 1 aromatic rings. The second-order valence-corrected chi connectivity index (χ2v) is 2.04. The number of imidazole rings is 1. The molecule has 0 atom stereocenters. The van der Waals surface area contributed by atoms with Crippen molar-refractivity contribution in [2.24, 2.45) is 0 Å². The van der Waals surface area contributed by atoms with Crippen LogP contribution in [0.15, 0.2) is 18.7 Å². The van der Waals surface area contributed by atoms with E-state index in [-0.39, 0.29) is 0 Å².